The maximum atomic E-state index is 13.5. The number of rotatable bonds is 6. The van der Waals surface area contributed by atoms with E-state index in [4.69, 9.17) is 23.8 Å². The van der Waals surface area contributed by atoms with Crippen LogP contribution < -0.4 is 10.6 Å². The van der Waals surface area contributed by atoms with Crippen LogP contribution >= 0.6 is 35.6 Å². The van der Waals surface area contributed by atoms with E-state index in [1.54, 1.807) is 30.0 Å². The lowest BCUT2D eigenvalue weighted by atomic mass is 10.2. The van der Waals surface area contributed by atoms with Gasteiger partial charge in [-0.2, -0.15) is 11.8 Å². The maximum absolute atomic E-state index is 13.5. The Bertz CT molecular complexity index is 637. The zero-order chi connectivity index (χ0) is 15.8. The number of halogens is 2. The molecule has 0 spiro atoms. The van der Waals surface area contributed by atoms with Crippen LogP contribution in [0.15, 0.2) is 48.5 Å². The molecule has 0 aliphatic heterocycles. The number of nitrogens with one attached hydrogen (secondary N) is 2. The number of benzene rings is 2. The Balaban J connectivity index is 1.65. The van der Waals surface area contributed by atoms with Crippen LogP contribution in [0.5, 0.6) is 0 Å². The van der Waals surface area contributed by atoms with Crippen LogP contribution in [0.25, 0.3) is 0 Å². The summed E-state index contributed by atoms with van der Waals surface area (Å²) < 4.78 is 13.5. The van der Waals surface area contributed by atoms with Crippen LogP contribution in [0.4, 0.5) is 10.1 Å². The van der Waals surface area contributed by atoms with Crippen LogP contribution in [0.1, 0.15) is 5.56 Å². The molecule has 2 nitrogen and oxygen atoms in total. The van der Waals surface area contributed by atoms with Crippen molar-refractivity contribution in [2.75, 3.05) is 17.6 Å². The van der Waals surface area contributed by atoms with Crippen molar-refractivity contribution in [1.82, 2.24) is 5.32 Å². The second-order valence-corrected chi connectivity index (χ2v) is 6.43. The lowest BCUT2D eigenvalue weighted by molar-refractivity contribution is 0.632. The van der Waals surface area contributed by atoms with Crippen molar-refractivity contribution in [1.29, 1.82) is 0 Å². The highest BCUT2D eigenvalue weighted by atomic mass is 35.5. The number of hydrogen-bond donors (Lipinski definition) is 2. The van der Waals surface area contributed by atoms with Gasteiger partial charge in [-0.15, -0.1) is 0 Å². The highest BCUT2D eigenvalue weighted by molar-refractivity contribution is 7.98. The van der Waals surface area contributed by atoms with Gasteiger partial charge in [-0.25, -0.2) is 4.39 Å². The fourth-order valence-corrected chi connectivity index (χ4v) is 3.12. The van der Waals surface area contributed by atoms with Crippen LogP contribution in [-0.4, -0.2) is 17.4 Å². The molecule has 2 N–H and O–H groups in total. The number of thioether (sulfide) groups is 1. The first kappa shape index (κ1) is 17.1. The molecule has 22 heavy (non-hydrogen) atoms. The summed E-state index contributed by atoms with van der Waals surface area (Å²) in [6, 6.07) is 14.3. The molecule has 0 bridgehead atoms. The van der Waals surface area contributed by atoms with Gasteiger partial charge in [0.2, 0.25) is 0 Å². The maximum Gasteiger partial charge on any atom is 0.170 e. The van der Waals surface area contributed by atoms with E-state index in [-0.39, 0.29) is 5.82 Å². The third-order valence-corrected chi connectivity index (χ3v) is 4.49. The van der Waals surface area contributed by atoms with Gasteiger partial charge >= 0.3 is 0 Å². The summed E-state index contributed by atoms with van der Waals surface area (Å²) in [6.07, 6.45) is 0. The monoisotopic (exact) mass is 354 g/mol. The van der Waals surface area contributed by atoms with Crippen molar-refractivity contribution in [3.63, 3.8) is 0 Å². The van der Waals surface area contributed by atoms with Crippen LogP contribution in [0.3, 0.4) is 0 Å². The van der Waals surface area contributed by atoms with Gasteiger partial charge in [0.25, 0.3) is 0 Å². The van der Waals surface area contributed by atoms with Crippen LogP contribution in [0, 0.1) is 5.82 Å². The smallest absolute Gasteiger partial charge is 0.170 e. The van der Waals surface area contributed by atoms with Crippen LogP contribution in [-0.2, 0) is 5.75 Å². The first-order valence-corrected chi connectivity index (χ1v) is 8.71. The summed E-state index contributed by atoms with van der Waals surface area (Å²) in [6.45, 7) is 0.704. The third kappa shape index (κ3) is 5.48. The Morgan fingerprint density at radius 1 is 1.14 bits per heavy atom. The summed E-state index contributed by atoms with van der Waals surface area (Å²) in [5.74, 6) is 1.42. The van der Waals surface area contributed by atoms with Gasteiger partial charge < -0.3 is 10.6 Å². The van der Waals surface area contributed by atoms with E-state index in [9.17, 15) is 4.39 Å². The van der Waals surface area contributed by atoms with E-state index >= 15 is 0 Å². The van der Waals surface area contributed by atoms with Crippen molar-refractivity contribution in [3.05, 3.63) is 64.9 Å². The predicted molar refractivity (Wildman–Crippen MR) is 98.2 cm³/mol. The summed E-state index contributed by atoms with van der Waals surface area (Å²) in [5, 5.41) is 7.11. The van der Waals surface area contributed by atoms with E-state index in [2.05, 4.69) is 10.6 Å². The molecule has 2 rings (SSSR count). The van der Waals surface area contributed by atoms with Gasteiger partial charge in [0.05, 0.1) is 5.69 Å². The quantitative estimate of drug-likeness (QED) is 0.580. The largest absolute Gasteiger partial charge is 0.362 e. The van der Waals surface area contributed by atoms with Gasteiger partial charge in [0.1, 0.15) is 5.82 Å². The van der Waals surface area contributed by atoms with Gasteiger partial charge in [-0.3, -0.25) is 0 Å². The first-order valence-electron chi connectivity index (χ1n) is 6.77. The zero-order valence-electron chi connectivity index (χ0n) is 11.8. The van der Waals surface area contributed by atoms with Crippen molar-refractivity contribution < 1.29 is 4.39 Å². The molecule has 0 aliphatic rings. The normalized spacial score (nSPS) is 10.3. The Kier molecular flexibility index (Phi) is 6.96. The van der Waals surface area contributed by atoms with Crippen molar-refractivity contribution in [2.45, 2.75) is 5.75 Å². The summed E-state index contributed by atoms with van der Waals surface area (Å²) in [5.41, 5.74) is 1.50. The number of hydrogen-bond acceptors (Lipinski definition) is 2. The molecule has 0 amide bonds. The highest BCUT2D eigenvalue weighted by Crippen LogP contribution is 2.20. The van der Waals surface area contributed by atoms with E-state index in [0.29, 0.717) is 17.3 Å². The molecule has 2 aromatic carbocycles. The minimum atomic E-state index is -0.320. The second-order valence-electron chi connectivity index (χ2n) is 4.50. The highest BCUT2D eigenvalue weighted by Gasteiger charge is 2.03. The molecule has 0 saturated heterocycles. The first-order chi connectivity index (χ1) is 10.7. The Labute approximate surface area is 144 Å². The standard InChI is InChI=1S/C16H16ClFN2S2/c17-13-6-2-1-5-12(13)11-22-10-9-19-16(21)20-15-8-4-3-7-14(15)18/h1-8H,9-11H2,(H2,19,20,21). The van der Waals surface area contributed by atoms with Crippen molar-refractivity contribution in [2.24, 2.45) is 0 Å². The molecular formula is C16H16ClFN2S2. The summed E-state index contributed by atoms with van der Waals surface area (Å²) in [4.78, 5) is 0. The second kappa shape index (κ2) is 8.98. The topological polar surface area (TPSA) is 24.1 Å². The molecule has 0 saturated carbocycles. The lowest BCUT2D eigenvalue weighted by Crippen LogP contribution is -2.30. The summed E-state index contributed by atoms with van der Waals surface area (Å²) in [7, 11) is 0. The third-order valence-electron chi connectivity index (χ3n) is 2.87. The molecule has 0 aliphatic carbocycles. The van der Waals surface area contributed by atoms with Gasteiger partial charge in [0, 0.05) is 23.1 Å². The zero-order valence-corrected chi connectivity index (χ0v) is 14.2. The molecule has 0 unspecified atom stereocenters. The average molecular weight is 355 g/mol. The Morgan fingerprint density at radius 2 is 1.86 bits per heavy atom. The molecule has 0 atom stereocenters. The SMILES string of the molecule is Fc1ccccc1NC(=S)NCCSCc1ccccc1Cl. The number of para-hydroxylation sites is 1. The fraction of sp³-hybridized carbons (Fsp3) is 0.188. The molecule has 6 heteroatoms. The molecule has 116 valence electrons. The molecule has 0 radical (unpaired) electrons. The summed E-state index contributed by atoms with van der Waals surface area (Å²) >= 11 is 13.0. The average Bonchev–Trinajstić information content (AvgIpc) is 2.51. The predicted octanol–water partition coefficient (Wildman–Crippen LogP) is 4.70. The van der Waals surface area contributed by atoms with E-state index in [1.165, 1.54) is 6.07 Å². The lowest BCUT2D eigenvalue weighted by Gasteiger charge is -2.11. The van der Waals surface area contributed by atoms with Crippen LogP contribution in [0.2, 0.25) is 5.02 Å². The molecular weight excluding hydrogens is 339 g/mol. The number of anilines is 1. The molecule has 0 aromatic heterocycles. The number of thiocarbonyl (C=S) groups is 1. The van der Waals surface area contributed by atoms with Crippen molar-refractivity contribution >= 4 is 46.4 Å². The Hall–Kier alpha value is -1.30. The van der Waals surface area contributed by atoms with Gasteiger partial charge in [0.15, 0.2) is 5.11 Å². The van der Waals surface area contributed by atoms with E-state index in [1.807, 2.05) is 24.3 Å². The molecule has 0 fully saturated rings. The minimum Gasteiger partial charge on any atom is -0.362 e. The van der Waals surface area contributed by atoms with E-state index < -0.39 is 0 Å². The molecule has 0 heterocycles. The van der Waals surface area contributed by atoms with Gasteiger partial charge in [-0.05, 0) is 36.0 Å². The fourth-order valence-electron chi connectivity index (χ4n) is 1.76. The minimum absolute atomic E-state index is 0.320. The Morgan fingerprint density at radius 3 is 2.64 bits per heavy atom. The van der Waals surface area contributed by atoms with Gasteiger partial charge in [-0.1, -0.05) is 41.9 Å². The molecule has 2 aromatic rings. The van der Waals surface area contributed by atoms with E-state index in [0.717, 1.165) is 22.1 Å². The van der Waals surface area contributed by atoms with Crippen molar-refractivity contribution in [3.8, 4) is 0 Å².